The topological polar surface area (TPSA) is 35.5 Å². The van der Waals surface area contributed by atoms with E-state index in [1.165, 1.54) is 11.3 Å². The van der Waals surface area contributed by atoms with Crippen LogP contribution in [-0.4, -0.2) is 31.9 Å². The quantitative estimate of drug-likeness (QED) is 0.797. The first-order chi connectivity index (χ1) is 7.54. The van der Waals surface area contributed by atoms with E-state index >= 15 is 0 Å². The summed E-state index contributed by atoms with van der Waals surface area (Å²) in [5, 5.41) is 12.3. The summed E-state index contributed by atoms with van der Waals surface area (Å²) >= 11 is 0. The largest absolute Gasteiger partial charge is 0.395 e. The number of aliphatic hydroxyl groups is 1. The van der Waals surface area contributed by atoms with Crippen LogP contribution in [0.5, 0.6) is 0 Å². The fourth-order valence-electron chi connectivity index (χ4n) is 1.64. The van der Waals surface area contributed by atoms with Gasteiger partial charge in [-0.1, -0.05) is 12.1 Å². The Bertz CT molecular complexity index is 308. The van der Waals surface area contributed by atoms with E-state index in [-0.39, 0.29) is 18.7 Å². The van der Waals surface area contributed by atoms with Crippen LogP contribution >= 0.6 is 0 Å². The Morgan fingerprint density at radius 3 is 2.19 bits per heavy atom. The number of anilines is 1. The molecule has 0 bridgehead atoms. The summed E-state index contributed by atoms with van der Waals surface area (Å²) in [6.07, 6.45) is 0. The average Bonchev–Trinajstić information content (AvgIpc) is 2.28. The van der Waals surface area contributed by atoms with Gasteiger partial charge in [0.2, 0.25) is 0 Å². The Hall–Kier alpha value is -1.06. The molecule has 0 amide bonds. The molecule has 1 aromatic rings. The predicted molar refractivity (Wildman–Crippen MR) is 68.9 cm³/mol. The molecule has 0 radical (unpaired) electrons. The second kappa shape index (κ2) is 5.87. The third-order valence-electron chi connectivity index (χ3n) is 2.72. The van der Waals surface area contributed by atoms with Gasteiger partial charge in [0.1, 0.15) is 0 Å². The molecule has 2 N–H and O–H groups in total. The molecule has 0 saturated heterocycles. The molecule has 0 heterocycles. The number of nitrogens with one attached hydrogen (secondary N) is 1. The van der Waals surface area contributed by atoms with Crippen LogP contribution in [0.25, 0.3) is 0 Å². The second-order valence-electron chi connectivity index (χ2n) is 4.46. The number of rotatable bonds is 5. The number of nitrogens with zero attached hydrogens (tertiary/aromatic N) is 1. The van der Waals surface area contributed by atoms with Gasteiger partial charge in [0.05, 0.1) is 6.61 Å². The molecule has 0 spiro atoms. The monoisotopic (exact) mass is 222 g/mol. The minimum atomic E-state index is 0.128. The zero-order chi connectivity index (χ0) is 12.1. The van der Waals surface area contributed by atoms with Gasteiger partial charge < -0.3 is 15.3 Å². The Kier molecular flexibility index (Phi) is 4.77. The second-order valence-corrected chi connectivity index (χ2v) is 4.46. The summed E-state index contributed by atoms with van der Waals surface area (Å²) in [4.78, 5) is 2.08. The molecule has 0 aliphatic rings. The fraction of sp³-hybridized carbons (Fsp3) is 0.538. The van der Waals surface area contributed by atoms with Crippen molar-refractivity contribution in [3.8, 4) is 0 Å². The summed E-state index contributed by atoms with van der Waals surface area (Å²) in [6.45, 7) is 4.25. The summed E-state index contributed by atoms with van der Waals surface area (Å²) in [6, 6.07) is 8.85. The van der Waals surface area contributed by atoms with E-state index < -0.39 is 0 Å². The Morgan fingerprint density at radius 1 is 1.19 bits per heavy atom. The molecular weight excluding hydrogens is 200 g/mol. The lowest BCUT2D eigenvalue weighted by molar-refractivity contribution is 0.243. The zero-order valence-electron chi connectivity index (χ0n) is 10.6. The van der Waals surface area contributed by atoms with E-state index in [1.807, 2.05) is 21.0 Å². The third-order valence-corrected chi connectivity index (χ3v) is 2.72. The summed E-state index contributed by atoms with van der Waals surface area (Å²) in [5.74, 6) is 0. The zero-order valence-corrected chi connectivity index (χ0v) is 10.6. The standard InChI is InChI=1S/C13H22N2O/c1-10(9-16)14-11(2)12-5-7-13(8-6-12)15(3)4/h5-8,10-11,14,16H,9H2,1-4H3/t10-,11?/m0/s1. The maximum absolute atomic E-state index is 8.98. The van der Waals surface area contributed by atoms with Crippen LogP contribution in [0, 0.1) is 0 Å². The lowest BCUT2D eigenvalue weighted by atomic mass is 10.1. The molecule has 0 aliphatic heterocycles. The molecule has 3 nitrogen and oxygen atoms in total. The first-order valence-corrected chi connectivity index (χ1v) is 5.68. The summed E-state index contributed by atoms with van der Waals surface area (Å²) < 4.78 is 0. The molecule has 2 atom stereocenters. The highest BCUT2D eigenvalue weighted by Crippen LogP contribution is 2.17. The maximum Gasteiger partial charge on any atom is 0.0582 e. The highest BCUT2D eigenvalue weighted by atomic mass is 16.3. The van der Waals surface area contributed by atoms with Crippen LogP contribution < -0.4 is 10.2 Å². The van der Waals surface area contributed by atoms with Crippen molar-refractivity contribution in [2.24, 2.45) is 0 Å². The van der Waals surface area contributed by atoms with Gasteiger partial charge in [-0.3, -0.25) is 0 Å². The number of hydrogen-bond donors (Lipinski definition) is 2. The van der Waals surface area contributed by atoms with Crippen LogP contribution in [0.3, 0.4) is 0 Å². The van der Waals surface area contributed by atoms with E-state index in [1.54, 1.807) is 0 Å². The van der Waals surface area contributed by atoms with Gasteiger partial charge in [-0.2, -0.15) is 0 Å². The highest BCUT2D eigenvalue weighted by Gasteiger charge is 2.08. The molecule has 1 rings (SSSR count). The van der Waals surface area contributed by atoms with Crippen molar-refractivity contribution in [2.75, 3.05) is 25.6 Å². The van der Waals surface area contributed by atoms with E-state index in [2.05, 4.69) is 41.4 Å². The van der Waals surface area contributed by atoms with Gasteiger partial charge in [0, 0.05) is 31.9 Å². The number of hydrogen-bond acceptors (Lipinski definition) is 3. The van der Waals surface area contributed by atoms with E-state index in [9.17, 15) is 0 Å². The van der Waals surface area contributed by atoms with Gasteiger partial charge in [-0.25, -0.2) is 0 Å². The van der Waals surface area contributed by atoms with Gasteiger partial charge >= 0.3 is 0 Å². The molecule has 3 heteroatoms. The third kappa shape index (κ3) is 3.51. The van der Waals surface area contributed by atoms with Crippen molar-refractivity contribution in [1.29, 1.82) is 0 Å². The van der Waals surface area contributed by atoms with Gasteiger partial charge in [0.15, 0.2) is 0 Å². The normalized spacial score (nSPS) is 14.6. The molecule has 16 heavy (non-hydrogen) atoms. The lowest BCUT2D eigenvalue weighted by Crippen LogP contribution is -2.31. The molecule has 0 saturated carbocycles. The van der Waals surface area contributed by atoms with Crippen molar-refractivity contribution in [3.05, 3.63) is 29.8 Å². The maximum atomic E-state index is 8.98. The van der Waals surface area contributed by atoms with Gasteiger partial charge in [-0.05, 0) is 31.5 Å². The molecular formula is C13H22N2O. The van der Waals surface area contributed by atoms with Crippen molar-refractivity contribution >= 4 is 5.69 Å². The fourth-order valence-corrected chi connectivity index (χ4v) is 1.64. The smallest absolute Gasteiger partial charge is 0.0582 e. The molecule has 0 aliphatic carbocycles. The first kappa shape index (κ1) is 13.0. The SMILES string of the molecule is CC(N[C@@H](C)CO)c1ccc(N(C)C)cc1. The van der Waals surface area contributed by atoms with Crippen molar-refractivity contribution in [2.45, 2.75) is 25.9 Å². The van der Waals surface area contributed by atoms with Crippen LogP contribution in [0.4, 0.5) is 5.69 Å². The molecule has 1 unspecified atom stereocenters. The molecule has 1 aromatic carbocycles. The van der Waals surface area contributed by atoms with Crippen LogP contribution in [0.1, 0.15) is 25.5 Å². The Morgan fingerprint density at radius 2 is 1.75 bits per heavy atom. The number of benzene rings is 1. The predicted octanol–water partition coefficient (Wildman–Crippen LogP) is 1.78. The summed E-state index contributed by atoms with van der Waals surface area (Å²) in [7, 11) is 4.06. The number of aliphatic hydroxyl groups excluding tert-OH is 1. The molecule has 0 fully saturated rings. The molecule has 0 aromatic heterocycles. The van der Waals surface area contributed by atoms with Gasteiger partial charge in [-0.15, -0.1) is 0 Å². The first-order valence-electron chi connectivity index (χ1n) is 5.68. The van der Waals surface area contributed by atoms with E-state index in [4.69, 9.17) is 5.11 Å². The van der Waals surface area contributed by atoms with E-state index in [0.717, 1.165) is 0 Å². The Labute approximate surface area is 98.1 Å². The lowest BCUT2D eigenvalue weighted by Gasteiger charge is -2.20. The minimum Gasteiger partial charge on any atom is -0.395 e. The van der Waals surface area contributed by atoms with Crippen LogP contribution in [-0.2, 0) is 0 Å². The average molecular weight is 222 g/mol. The minimum absolute atomic E-state index is 0.128. The van der Waals surface area contributed by atoms with Crippen molar-refractivity contribution in [3.63, 3.8) is 0 Å². The molecule has 90 valence electrons. The van der Waals surface area contributed by atoms with Crippen molar-refractivity contribution < 1.29 is 5.11 Å². The van der Waals surface area contributed by atoms with Crippen LogP contribution in [0.15, 0.2) is 24.3 Å². The highest BCUT2D eigenvalue weighted by molar-refractivity contribution is 5.46. The van der Waals surface area contributed by atoms with Gasteiger partial charge in [0.25, 0.3) is 0 Å². The van der Waals surface area contributed by atoms with Crippen LogP contribution in [0.2, 0.25) is 0 Å². The Balaban J connectivity index is 2.66. The van der Waals surface area contributed by atoms with Crippen molar-refractivity contribution in [1.82, 2.24) is 5.32 Å². The van der Waals surface area contributed by atoms with E-state index in [0.29, 0.717) is 0 Å². The summed E-state index contributed by atoms with van der Waals surface area (Å²) in [5.41, 5.74) is 2.44.